The fraction of sp³-hybridized carbons (Fsp3) is 0.154. The average Bonchev–Trinajstić information content (AvgIpc) is 2.35. The number of hydrogen-bond donors (Lipinski definition) is 1. The minimum absolute atomic E-state index is 0.231. The van der Waals surface area contributed by atoms with E-state index < -0.39 is 0 Å². The average molecular weight is 295 g/mol. The van der Waals surface area contributed by atoms with Gasteiger partial charge in [-0.05, 0) is 45.3 Å². The van der Waals surface area contributed by atoms with Gasteiger partial charge >= 0.3 is 0 Å². The molecule has 0 fully saturated rings. The fourth-order valence-electron chi connectivity index (χ4n) is 1.50. The van der Waals surface area contributed by atoms with E-state index >= 15 is 0 Å². The first-order valence-electron chi connectivity index (χ1n) is 5.29. The molecule has 0 saturated carbocycles. The van der Waals surface area contributed by atoms with Crippen LogP contribution in [-0.2, 0) is 13.1 Å². The summed E-state index contributed by atoms with van der Waals surface area (Å²) >= 11 is 3.13. The van der Waals surface area contributed by atoms with E-state index in [1.54, 1.807) is 12.3 Å². The molecule has 0 amide bonds. The Morgan fingerprint density at radius 2 is 2.00 bits per heavy atom. The van der Waals surface area contributed by atoms with Crippen molar-refractivity contribution in [3.8, 4) is 0 Å². The molecule has 0 aliphatic rings. The van der Waals surface area contributed by atoms with Crippen molar-refractivity contribution in [2.75, 3.05) is 0 Å². The lowest BCUT2D eigenvalue weighted by Crippen LogP contribution is -2.12. The van der Waals surface area contributed by atoms with Gasteiger partial charge in [0.15, 0.2) is 0 Å². The van der Waals surface area contributed by atoms with Gasteiger partial charge in [-0.3, -0.25) is 4.98 Å². The van der Waals surface area contributed by atoms with Gasteiger partial charge in [-0.15, -0.1) is 0 Å². The minimum atomic E-state index is -0.231. The molecule has 88 valence electrons. The van der Waals surface area contributed by atoms with E-state index in [4.69, 9.17) is 0 Å². The normalized spacial score (nSPS) is 10.5. The Morgan fingerprint density at radius 3 is 2.71 bits per heavy atom. The van der Waals surface area contributed by atoms with Crippen LogP contribution >= 0.6 is 15.9 Å². The quantitative estimate of drug-likeness (QED) is 0.936. The van der Waals surface area contributed by atoms with Crippen LogP contribution in [0, 0.1) is 5.82 Å². The van der Waals surface area contributed by atoms with Gasteiger partial charge in [-0.1, -0.05) is 12.1 Å². The molecule has 17 heavy (non-hydrogen) atoms. The molecule has 1 heterocycles. The molecule has 2 rings (SSSR count). The maximum absolute atomic E-state index is 13.2. The van der Waals surface area contributed by atoms with E-state index in [1.165, 1.54) is 6.07 Å². The lowest BCUT2D eigenvalue weighted by Gasteiger charge is -2.05. The summed E-state index contributed by atoms with van der Waals surface area (Å²) in [5.74, 6) is -0.231. The van der Waals surface area contributed by atoms with Crippen LogP contribution < -0.4 is 5.32 Å². The highest BCUT2D eigenvalue weighted by atomic mass is 79.9. The van der Waals surface area contributed by atoms with Crippen LogP contribution in [0.25, 0.3) is 0 Å². The highest BCUT2D eigenvalue weighted by Crippen LogP contribution is 2.16. The molecular weight excluding hydrogens is 283 g/mol. The second-order valence-corrected chi connectivity index (χ2v) is 4.57. The predicted molar refractivity (Wildman–Crippen MR) is 68.9 cm³/mol. The summed E-state index contributed by atoms with van der Waals surface area (Å²) in [6.45, 7) is 1.37. The van der Waals surface area contributed by atoms with Gasteiger partial charge in [0.1, 0.15) is 5.82 Å². The predicted octanol–water partition coefficient (Wildman–Crippen LogP) is 3.27. The minimum Gasteiger partial charge on any atom is -0.309 e. The third-order valence-corrected chi connectivity index (χ3v) is 3.01. The van der Waals surface area contributed by atoms with Crippen LogP contribution in [0.1, 0.15) is 11.1 Å². The molecule has 0 aliphatic carbocycles. The van der Waals surface area contributed by atoms with E-state index in [0.29, 0.717) is 11.0 Å². The smallest absolute Gasteiger partial charge is 0.137 e. The van der Waals surface area contributed by atoms with Gasteiger partial charge in [-0.2, -0.15) is 0 Å². The highest BCUT2D eigenvalue weighted by Gasteiger charge is 2.00. The van der Waals surface area contributed by atoms with Crippen molar-refractivity contribution in [1.29, 1.82) is 0 Å². The molecule has 0 radical (unpaired) electrons. The van der Waals surface area contributed by atoms with Crippen LogP contribution in [0.2, 0.25) is 0 Å². The maximum atomic E-state index is 13.2. The summed E-state index contributed by atoms with van der Waals surface area (Å²) in [6, 6.07) is 9.04. The van der Waals surface area contributed by atoms with Gasteiger partial charge in [0.2, 0.25) is 0 Å². The summed E-state index contributed by atoms with van der Waals surface area (Å²) < 4.78 is 13.7. The van der Waals surface area contributed by atoms with Crippen molar-refractivity contribution in [3.05, 3.63) is 64.1 Å². The van der Waals surface area contributed by atoms with Gasteiger partial charge < -0.3 is 5.32 Å². The zero-order chi connectivity index (χ0) is 12.1. The topological polar surface area (TPSA) is 24.9 Å². The number of nitrogens with one attached hydrogen (secondary N) is 1. The Hall–Kier alpha value is -1.26. The molecular formula is C13H12BrFN2. The van der Waals surface area contributed by atoms with E-state index in [0.717, 1.165) is 17.7 Å². The lowest BCUT2D eigenvalue weighted by atomic mass is 10.2. The monoisotopic (exact) mass is 294 g/mol. The number of aromatic nitrogens is 1. The number of rotatable bonds is 4. The van der Waals surface area contributed by atoms with Crippen molar-refractivity contribution in [2.24, 2.45) is 0 Å². The summed E-state index contributed by atoms with van der Waals surface area (Å²) in [5, 5.41) is 3.24. The van der Waals surface area contributed by atoms with Crippen molar-refractivity contribution < 1.29 is 4.39 Å². The van der Waals surface area contributed by atoms with Crippen LogP contribution in [0.4, 0.5) is 4.39 Å². The Morgan fingerprint density at radius 1 is 1.18 bits per heavy atom. The van der Waals surface area contributed by atoms with E-state index in [-0.39, 0.29) is 5.82 Å². The van der Waals surface area contributed by atoms with Gasteiger partial charge in [0.05, 0.1) is 4.47 Å². The van der Waals surface area contributed by atoms with Gasteiger partial charge in [-0.25, -0.2) is 4.39 Å². The number of benzene rings is 1. The molecule has 0 unspecified atom stereocenters. The Bertz CT molecular complexity index is 488. The molecule has 1 aromatic carbocycles. The SMILES string of the molecule is Fc1cc(CNCc2cccnc2)ccc1Br. The molecule has 0 aliphatic heterocycles. The number of halogens is 2. The van der Waals surface area contributed by atoms with Crippen LogP contribution in [0.3, 0.4) is 0 Å². The first-order valence-corrected chi connectivity index (χ1v) is 6.08. The molecule has 1 aromatic heterocycles. The van der Waals surface area contributed by atoms with Crippen molar-refractivity contribution in [1.82, 2.24) is 10.3 Å². The van der Waals surface area contributed by atoms with E-state index in [2.05, 4.69) is 26.2 Å². The van der Waals surface area contributed by atoms with Crippen molar-refractivity contribution in [3.63, 3.8) is 0 Å². The molecule has 4 heteroatoms. The maximum Gasteiger partial charge on any atom is 0.137 e. The lowest BCUT2D eigenvalue weighted by molar-refractivity contribution is 0.613. The standard InChI is InChI=1S/C13H12BrFN2/c14-12-4-3-10(6-13(12)15)7-17-9-11-2-1-5-16-8-11/h1-6,8,17H,7,9H2. The first kappa shape index (κ1) is 12.2. The van der Waals surface area contributed by atoms with E-state index in [1.807, 2.05) is 24.4 Å². The zero-order valence-corrected chi connectivity index (χ0v) is 10.7. The number of hydrogen-bond acceptors (Lipinski definition) is 2. The Kier molecular flexibility index (Phi) is 4.23. The van der Waals surface area contributed by atoms with Gasteiger partial charge in [0, 0.05) is 25.5 Å². The Balaban J connectivity index is 1.88. The molecule has 2 aromatic rings. The van der Waals surface area contributed by atoms with Gasteiger partial charge in [0.25, 0.3) is 0 Å². The first-order chi connectivity index (χ1) is 8.25. The third kappa shape index (κ3) is 3.61. The summed E-state index contributed by atoms with van der Waals surface area (Å²) in [6.07, 6.45) is 3.56. The molecule has 2 nitrogen and oxygen atoms in total. The molecule has 0 saturated heterocycles. The summed E-state index contributed by atoms with van der Waals surface area (Å²) in [5.41, 5.74) is 2.04. The van der Waals surface area contributed by atoms with Crippen molar-refractivity contribution in [2.45, 2.75) is 13.1 Å². The highest BCUT2D eigenvalue weighted by molar-refractivity contribution is 9.10. The van der Waals surface area contributed by atoms with Crippen LogP contribution in [-0.4, -0.2) is 4.98 Å². The number of pyridine rings is 1. The molecule has 1 N–H and O–H groups in total. The summed E-state index contributed by atoms with van der Waals surface area (Å²) in [4.78, 5) is 4.03. The van der Waals surface area contributed by atoms with Crippen molar-refractivity contribution >= 4 is 15.9 Å². The second kappa shape index (κ2) is 5.89. The van der Waals surface area contributed by atoms with Crippen LogP contribution in [0.15, 0.2) is 47.2 Å². The zero-order valence-electron chi connectivity index (χ0n) is 9.16. The van der Waals surface area contributed by atoms with E-state index in [9.17, 15) is 4.39 Å². The fourth-order valence-corrected chi connectivity index (χ4v) is 1.75. The molecule has 0 bridgehead atoms. The third-order valence-electron chi connectivity index (χ3n) is 2.37. The second-order valence-electron chi connectivity index (χ2n) is 3.71. The molecule has 0 atom stereocenters. The number of nitrogens with zero attached hydrogens (tertiary/aromatic N) is 1. The van der Waals surface area contributed by atoms with Crippen LogP contribution in [0.5, 0.6) is 0 Å². The summed E-state index contributed by atoms with van der Waals surface area (Å²) in [7, 11) is 0. The Labute approximate surface area is 108 Å². The molecule has 0 spiro atoms. The largest absolute Gasteiger partial charge is 0.309 e.